The van der Waals surface area contributed by atoms with Gasteiger partial charge < -0.3 is 4.90 Å². The number of benzene rings is 1. The summed E-state index contributed by atoms with van der Waals surface area (Å²) in [6, 6.07) is 5.10. The molecule has 2 aliphatic rings. The highest BCUT2D eigenvalue weighted by atomic mass is 16.2. The molecule has 0 unspecified atom stereocenters. The van der Waals surface area contributed by atoms with E-state index < -0.39 is 11.9 Å². The molecule has 0 aliphatic carbocycles. The van der Waals surface area contributed by atoms with E-state index in [9.17, 15) is 14.4 Å². The van der Waals surface area contributed by atoms with Crippen molar-refractivity contribution in [3.8, 4) is 22.4 Å². The van der Waals surface area contributed by atoms with Crippen molar-refractivity contribution in [1.82, 2.24) is 29.8 Å². The summed E-state index contributed by atoms with van der Waals surface area (Å²) in [4.78, 5) is 38.4. The first-order valence-electron chi connectivity index (χ1n) is 11.0. The van der Waals surface area contributed by atoms with Crippen LogP contribution in [0.2, 0.25) is 0 Å². The largest absolute Gasteiger partial charge is 0.322 e. The topological polar surface area (TPSA) is 102 Å². The number of fused-ring (bicyclic) bond motifs is 1. The Morgan fingerprint density at radius 1 is 1.03 bits per heavy atom. The summed E-state index contributed by atoms with van der Waals surface area (Å²) in [5, 5.41) is 11.3. The molecule has 3 amide bonds. The summed E-state index contributed by atoms with van der Waals surface area (Å²) in [6.45, 7) is 6.63. The Hall–Kier alpha value is -3.75. The van der Waals surface area contributed by atoms with Crippen molar-refractivity contribution in [2.75, 3.05) is 0 Å². The monoisotopic (exact) mass is 446 g/mol. The average Bonchev–Trinajstić information content (AvgIpc) is 3.45. The highest BCUT2D eigenvalue weighted by Crippen LogP contribution is 2.36. The van der Waals surface area contributed by atoms with Gasteiger partial charge in [0.2, 0.25) is 11.8 Å². The lowest BCUT2D eigenvalue weighted by Gasteiger charge is -2.29. The number of nitrogens with one attached hydrogen (secondary N) is 1. The zero-order valence-electron chi connectivity index (χ0n) is 19.1. The SMILES string of the molecule is Cn1ncc(-c2ccc3c(c2)CN([C@H]2CCC(=O)NC2=O)C3=O)c1-c1cnn(C(C)(C)C)c1. The third kappa shape index (κ3) is 3.53. The molecule has 4 heterocycles. The molecular weight excluding hydrogens is 420 g/mol. The van der Waals surface area contributed by atoms with E-state index in [1.807, 2.05) is 53.2 Å². The van der Waals surface area contributed by atoms with Crippen LogP contribution in [-0.2, 0) is 28.7 Å². The van der Waals surface area contributed by atoms with Gasteiger partial charge in [0.25, 0.3) is 5.91 Å². The van der Waals surface area contributed by atoms with E-state index in [-0.39, 0.29) is 23.8 Å². The van der Waals surface area contributed by atoms with Crippen molar-refractivity contribution in [2.45, 2.75) is 51.7 Å². The molecule has 1 fully saturated rings. The van der Waals surface area contributed by atoms with Crippen molar-refractivity contribution in [3.63, 3.8) is 0 Å². The minimum atomic E-state index is -0.622. The van der Waals surface area contributed by atoms with E-state index in [2.05, 4.69) is 36.3 Å². The van der Waals surface area contributed by atoms with Crippen molar-refractivity contribution >= 4 is 17.7 Å². The third-order valence-electron chi connectivity index (χ3n) is 6.32. The number of aromatic nitrogens is 4. The molecule has 1 saturated heterocycles. The van der Waals surface area contributed by atoms with Crippen molar-refractivity contribution < 1.29 is 14.4 Å². The fourth-order valence-corrected chi connectivity index (χ4v) is 4.55. The second kappa shape index (κ2) is 7.40. The van der Waals surface area contributed by atoms with Crippen LogP contribution >= 0.6 is 0 Å². The number of hydrogen-bond donors (Lipinski definition) is 1. The van der Waals surface area contributed by atoms with Crippen LogP contribution in [0.1, 0.15) is 49.5 Å². The van der Waals surface area contributed by atoms with Gasteiger partial charge in [-0.15, -0.1) is 0 Å². The Bertz CT molecular complexity index is 1300. The minimum absolute atomic E-state index is 0.135. The Morgan fingerprint density at radius 2 is 1.82 bits per heavy atom. The highest BCUT2D eigenvalue weighted by molar-refractivity contribution is 6.05. The Balaban J connectivity index is 1.48. The molecule has 1 N–H and O–H groups in total. The maximum atomic E-state index is 13.0. The molecule has 0 saturated carbocycles. The van der Waals surface area contributed by atoms with Crippen LogP contribution in [0.5, 0.6) is 0 Å². The molecule has 0 radical (unpaired) electrons. The Morgan fingerprint density at radius 3 is 2.52 bits per heavy atom. The van der Waals surface area contributed by atoms with E-state index in [1.165, 1.54) is 0 Å². The molecule has 9 nitrogen and oxygen atoms in total. The second-order valence-corrected chi connectivity index (χ2v) is 9.65. The predicted octanol–water partition coefficient (Wildman–Crippen LogP) is 2.47. The number of nitrogens with zero attached hydrogens (tertiary/aromatic N) is 5. The summed E-state index contributed by atoms with van der Waals surface area (Å²) in [5.41, 5.74) is 5.11. The average molecular weight is 447 g/mol. The van der Waals surface area contributed by atoms with Crippen LogP contribution in [0.25, 0.3) is 22.4 Å². The fourth-order valence-electron chi connectivity index (χ4n) is 4.55. The van der Waals surface area contributed by atoms with Gasteiger partial charge >= 0.3 is 0 Å². The zero-order chi connectivity index (χ0) is 23.5. The molecule has 0 spiro atoms. The van der Waals surface area contributed by atoms with E-state index in [4.69, 9.17) is 0 Å². The number of imide groups is 1. The molecule has 170 valence electrons. The van der Waals surface area contributed by atoms with Gasteiger partial charge in [-0.3, -0.25) is 29.1 Å². The van der Waals surface area contributed by atoms with Gasteiger partial charge in [-0.05, 0) is 50.5 Å². The quantitative estimate of drug-likeness (QED) is 0.623. The first-order valence-corrected chi connectivity index (χ1v) is 11.0. The smallest absolute Gasteiger partial charge is 0.255 e. The number of piperidine rings is 1. The fraction of sp³-hybridized carbons (Fsp3) is 0.375. The van der Waals surface area contributed by atoms with Crippen LogP contribution in [0, 0.1) is 0 Å². The Labute approximate surface area is 191 Å². The van der Waals surface area contributed by atoms with Crippen LogP contribution < -0.4 is 5.32 Å². The summed E-state index contributed by atoms with van der Waals surface area (Å²) < 4.78 is 3.76. The zero-order valence-corrected chi connectivity index (χ0v) is 19.1. The molecule has 33 heavy (non-hydrogen) atoms. The summed E-state index contributed by atoms with van der Waals surface area (Å²) in [6.07, 6.45) is 6.26. The first kappa shape index (κ1) is 21.1. The van der Waals surface area contributed by atoms with E-state index >= 15 is 0 Å². The van der Waals surface area contributed by atoms with Gasteiger partial charge in [0.15, 0.2) is 0 Å². The van der Waals surface area contributed by atoms with Gasteiger partial charge in [0.05, 0.1) is 23.6 Å². The molecule has 2 aromatic heterocycles. The van der Waals surface area contributed by atoms with Gasteiger partial charge in [0, 0.05) is 42.9 Å². The molecule has 0 bridgehead atoms. The highest BCUT2D eigenvalue weighted by Gasteiger charge is 2.39. The van der Waals surface area contributed by atoms with Crippen LogP contribution in [0.4, 0.5) is 0 Å². The van der Waals surface area contributed by atoms with Crippen molar-refractivity contribution in [3.05, 3.63) is 47.9 Å². The minimum Gasteiger partial charge on any atom is -0.322 e. The van der Waals surface area contributed by atoms with E-state index in [0.29, 0.717) is 18.5 Å². The molecule has 3 aromatic rings. The molecule has 9 heteroatoms. The lowest BCUT2D eigenvalue weighted by atomic mass is 9.99. The summed E-state index contributed by atoms with van der Waals surface area (Å²) in [7, 11) is 1.90. The van der Waals surface area contributed by atoms with Crippen molar-refractivity contribution in [1.29, 1.82) is 0 Å². The number of rotatable bonds is 3. The molecule has 1 aromatic carbocycles. The second-order valence-electron chi connectivity index (χ2n) is 9.65. The van der Waals surface area contributed by atoms with Crippen molar-refractivity contribution in [2.24, 2.45) is 7.05 Å². The summed E-state index contributed by atoms with van der Waals surface area (Å²) >= 11 is 0. The Kier molecular flexibility index (Phi) is 4.73. The van der Waals surface area contributed by atoms with Crippen LogP contribution in [-0.4, -0.2) is 48.2 Å². The normalized spacial score (nSPS) is 18.6. The maximum absolute atomic E-state index is 13.0. The van der Waals surface area contributed by atoms with Gasteiger partial charge in [0.1, 0.15) is 6.04 Å². The molecule has 1 atom stereocenters. The lowest BCUT2D eigenvalue weighted by molar-refractivity contribution is -0.136. The third-order valence-corrected chi connectivity index (χ3v) is 6.32. The maximum Gasteiger partial charge on any atom is 0.255 e. The van der Waals surface area contributed by atoms with Gasteiger partial charge in [-0.1, -0.05) is 6.07 Å². The molecule has 2 aliphatic heterocycles. The van der Waals surface area contributed by atoms with Gasteiger partial charge in [-0.2, -0.15) is 10.2 Å². The number of hydrogen-bond acceptors (Lipinski definition) is 5. The number of amides is 3. The summed E-state index contributed by atoms with van der Waals surface area (Å²) in [5.74, 6) is -0.872. The molecular formula is C24H26N6O3. The predicted molar refractivity (Wildman–Crippen MR) is 121 cm³/mol. The number of aryl methyl sites for hydroxylation is 1. The molecule has 5 rings (SSSR count). The number of carbonyl (C=O) groups is 3. The van der Waals surface area contributed by atoms with Crippen LogP contribution in [0.15, 0.2) is 36.8 Å². The van der Waals surface area contributed by atoms with Crippen LogP contribution in [0.3, 0.4) is 0 Å². The van der Waals surface area contributed by atoms with E-state index in [0.717, 1.165) is 27.9 Å². The first-order chi connectivity index (χ1) is 15.6. The number of carbonyl (C=O) groups excluding carboxylic acids is 3. The van der Waals surface area contributed by atoms with E-state index in [1.54, 1.807) is 4.90 Å². The standard InChI is InChI=1S/C24H26N6O3/c1-24(2,3)30-13-16(10-26-30)21-18(11-25-28(21)4)14-5-6-17-15(9-14)12-29(23(17)33)19-7-8-20(31)27-22(19)32/h5-6,9-11,13,19H,7-8,12H2,1-4H3,(H,27,31,32)/t19-/m0/s1. The lowest BCUT2D eigenvalue weighted by Crippen LogP contribution is -2.52. The van der Waals surface area contributed by atoms with Gasteiger partial charge in [-0.25, -0.2) is 0 Å².